The fourth-order valence-electron chi connectivity index (χ4n) is 1.20. The molecule has 0 fully saturated rings. The smallest absolute Gasteiger partial charge is 0.315 e. The van der Waals surface area contributed by atoms with Gasteiger partial charge in [-0.1, -0.05) is 5.21 Å². The Morgan fingerprint density at radius 2 is 2.24 bits per heavy atom. The van der Waals surface area contributed by atoms with E-state index in [1.807, 2.05) is 0 Å². The molecule has 0 bridgehead atoms. The maximum absolute atomic E-state index is 12.2. The Morgan fingerprint density at radius 1 is 1.47 bits per heavy atom. The third kappa shape index (κ3) is 4.82. The molecule has 1 atom stereocenters. The van der Waals surface area contributed by atoms with Crippen LogP contribution in [0.15, 0.2) is 12.4 Å². The van der Waals surface area contributed by atoms with Gasteiger partial charge in [-0.05, 0) is 13.0 Å². The SMILES string of the molecule is N#CC(CNCCCn1ccnn1)C(F)(F)F. The van der Waals surface area contributed by atoms with Gasteiger partial charge in [-0.25, -0.2) is 0 Å². The number of nitriles is 1. The minimum absolute atomic E-state index is 0.378. The molecule has 1 aromatic heterocycles. The van der Waals surface area contributed by atoms with E-state index < -0.39 is 12.1 Å². The summed E-state index contributed by atoms with van der Waals surface area (Å²) in [5.41, 5.74) is 0. The van der Waals surface area contributed by atoms with Crippen molar-refractivity contribution in [2.75, 3.05) is 13.1 Å². The molecule has 0 aliphatic rings. The van der Waals surface area contributed by atoms with Crippen LogP contribution < -0.4 is 5.32 Å². The number of nitrogens with one attached hydrogen (secondary N) is 1. The van der Waals surface area contributed by atoms with Gasteiger partial charge in [0.05, 0.1) is 12.3 Å². The Morgan fingerprint density at radius 3 is 2.76 bits per heavy atom. The highest BCUT2D eigenvalue weighted by atomic mass is 19.4. The van der Waals surface area contributed by atoms with Crippen molar-refractivity contribution in [1.29, 1.82) is 5.26 Å². The first-order valence-corrected chi connectivity index (χ1v) is 5.05. The lowest BCUT2D eigenvalue weighted by atomic mass is 10.1. The Hall–Kier alpha value is -1.62. The van der Waals surface area contributed by atoms with E-state index in [2.05, 4.69) is 15.6 Å². The van der Waals surface area contributed by atoms with Gasteiger partial charge < -0.3 is 5.32 Å². The Balaban J connectivity index is 2.14. The molecule has 1 heterocycles. The molecule has 5 nitrogen and oxygen atoms in total. The lowest BCUT2D eigenvalue weighted by Crippen LogP contribution is -2.33. The number of halogens is 3. The van der Waals surface area contributed by atoms with E-state index in [0.29, 0.717) is 19.5 Å². The van der Waals surface area contributed by atoms with Crippen molar-refractivity contribution < 1.29 is 13.2 Å². The quantitative estimate of drug-likeness (QED) is 0.760. The van der Waals surface area contributed by atoms with Crippen LogP contribution in [0.25, 0.3) is 0 Å². The Kier molecular flexibility index (Phi) is 4.90. The molecular weight excluding hydrogens is 235 g/mol. The molecule has 0 saturated carbocycles. The fraction of sp³-hybridized carbons (Fsp3) is 0.667. The van der Waals surface area contributed by atoms with E-state index in [1.165, 1.54) is 12.3 Å². The molecule has 17 heavy (non-hydrogen) atoms. The van der Waals surface area contributed by atoms with Crippen molar-refractivity contribution >= 4 is 0 Å². The maximum atomic E-state index is 12.2. The van der Waals surface area contributed by atoms with Gasteiger partial charge in [-0.3, -0.25) is 4.68 Å². The number of hydrogen-bond acceptors (Lipinski definition) is 4. The molecule has 8 heteroatoms. The van der Waals surface area contributed by atoms with Crippen LogP contribution in [0.1, 0.15) is 6.42 Å². The summed E-state index contributed by atoms with van der Waals surface area (Å²) in [6, 6.07) is 1.23. The number of aromatic nitrogens is 3. The second-order valence-electron chi connectivity index (χ2n) is 3.45. The fourth-order valence-corrected chi connectivity index (χ4v) is 1.20. The lowest BCUT2D eigenvalue weighted by Gasteiger charge is -2.13. The van der Waals surface area contributed by atoms with Crippen molar-refractivity contribution in [2.45, 2.75) is 19.1 Å². The molecule has 0 aliphatic carbocycles. The maximum Gasteiger partial charge on any atom is 0.405 e. The van der Waals surface area contributed by atoms with Gasteiger partial charge in [0, 0.05) is 19.3 Å². The number of hydrogen-bond donors (Lipinski definition) is 1. The second kappa shape index (κ2) is 6.20. The zero-order valence-corrected chi connectivity index (χ0v) is 8.98. The minimum atomic E-state index is -4.46. The van der Waals surface area contributed by atoms with Crippen molar-refractivity contribution in [2.24, 2.45) is 5.92 Å². The standard InChI is InChI=1S/C9H12F3N5/c10-9(11,12)8(6-13)7-14-2-1-4-17-5-3-15-16-17/h3,5,8,14H,1-2,4,7H2. The van der Waals surface area contributed by atoms with Gasteiger partial charge in [0.15, 0.2) is 5.92 Å². The van der Waals surface area contributed by atoms with E-state index in [4.69, 9.17) is 5.26 Å². The molecule has 0 radical (unpaired) electrons. The summed E-state index contributed by atoms with van der Waals surface area (Å²) < 4.78 is 38.1. The van der Waals surface area contributed by atoms with Crippen LogP contribution in [0.3, 0.4) is 0 Å². The summed E-state index contributed by atoms with van der Waals surface area (Å²) in [7, 11) is 0. The normalized spacial score (nSPS) is 13.3. The molecule has 94 valence electrons. The Bertz CT molecular complexity index is 354. The van der Waals surface area contributed by atoms with E-state index >= 15 is 0 Å². The summed E-state index contributed by atoms with van der Waals surface area (Å²) in [4.78, 5) is 0. The van der Waals surface area contributed by atoms with Crippen LogP contribution in [-0.2, 0) is 6.54 Å². The first kappa shape index (κ1) is 13.4. The monoisotopic (exact) mass is 247 g/mol. The predicted octanol–water partition coefficient (Wildman–Crippen LogP) is 0.960. The highest BCUT2D eigenvalue weighted by Gasteiger charge is 2.39. The highest BCUT2D eigenvalue weighted by Crippen LogP contribution is 2.24. The van der Waals surface area contributed by atoms with E-state index in [1.54, 1.807) is 10.9 Å². The Labute approximate surface area is 96.2 Å². The minimum Gasteiger partial charge on any atom is -0.315 e. The van der Waals surface area contributed by atoms with Crippen molar-refractivity contribution in [3.05, 3.63) is 12.4 Å². The van der Waals surface area contributed by atoms with Gasteiger partial charge in [-0.2, -0.15) is 18.4 Å². The number of nitrogens with zero attached hydrogens (tertiary/aromatic N) is 4. The molecule has 0 amide bonds. The molecular formula is C9H12F3N5. The second-order valence-corrected chi connectivity index (χ2v) is 3.45. The molecule has 1 N–H and O–H groups in total. The summed E-state index contributed by atoms with van der Waals surface area (Å²) in [6.07, 6.45) is -0.635. The summed E-state index contributed by atoms with van der Waals surface area (Å²) >= 11 is 0. The molecule has 0 aromatic carbocycles. The third-order valence-corrected chi connectivity index (χ3v) is 2.11. The molecule has 1 unspecified atom stereocenters. The first-order chi connectivity index (χ1) is 8.04. The van der Waals surface area contributed by atoms with E-state index in [-0.39, 0.29) is 6.54 Å². The van der Waals surface area contributed by atoms with E-state index in [0.717, 1.165) is 0 Å². The lowest BCUT2D eigenvalue weighted by molar-refractivity contribution is -0.157. The number of aryl methyl sites for hydroxylation is 1. The first-order valence-electron chi connectivity index (χ1n) is 5.05. The van der Waals surface area contributed by atoms with Crippen LogP contribution in [0.5, 0.6) is 0 Å². The summed E-state index contributed by atoms with van der Waals surface area (Å²) in [6.45, 7) is 0.599. The summed E-state index contributed by atoms with van der Waals surface area (Å²) in [5, 5.41) is 18.2. The third-order valence-electron chi connectivity index (χ3n) is 2.11. The van der Waals surface area contributed by atoms with Gasteiger partial charge >= 0.3 is 6.18 Å². The molecule has 0 aliphatic heterocycles. The summed E-state index contributed by atoms with van der Waals surface area (Å²) in [5.74, 6) is -1.95. The number of alkyl halides is 3. The average Bonchev–Trinajstić information content (AvgIpc) is 2.74. The molecule has 1 aromatic rings. The van der Waals surface area contributed by atoms with Gasteiger partial charge in [0.2, 0.25) is 0 Å². The molecule has 0 saturated heterocycles. The van der Waals surface area contributed by atoms with Crippen molar-refractivity contribution in [3.8, 4) is 6.07 Å². The van der Waals surface area contributed by atoms with E-state index in [9.17, 15) is 13.2 Å². The average molecular weight is 247 g/mol. The topological polar surface area (TPSA) is 66.5 Å². The van der Waals surface area contributed by atoms with Crippen LogP contribution in [-0.4, -0.2) is 34.3 Å². The van der Waals surface area contributed by atoms with Crippen LogP contribution >= 0.6 is 0 Å². The van der Waals surface area contributed by atoms with Crippen LogP contribution in [0.4, 0.5) is 13.2 Å². The number of rotatable bonds is 6. The van der Waals surface area contributed by atoms with Crippen LogP contribution in [0.2, 0.25) is 0 Å². The molecule has 0 spiro atoms. The van der Waals surface area contributed by atoms with Gasteiger partial charge in [-0.15, -0.1) is 5.10 Å². The largest absolute Gasteiger partial charge is 0.405 e. The van der Waals surface area contributed by atoms with Crippen molar-refractivity contribution in [3.63, 3.8) is 0 Å². The van der Waals surface area contributed by atoms with Crippen LogP contribution in [0, 0.1) is 17.2 Å². The molecule has 1 rings (SSSR count). The predicted molar refractivity (Wildman–Crippen MR) is 52.7 cm³/mol. The van der Waals surface area contributed by atoms with Gasteiger partial charge in [0.1, 0.15) is 0 Å². The highest BCUT2D eigenvalue weighted by molar-refractivity contribution is 4.89. The van der Waals surface area contributed by atoms with Gasteiger partial charge in [0.25, 0.3) is 0 Å². The van der Waals surface area contributed by atoms with Crippen molar-refractivity contribution in [1.82, 2.24) is 20.3 Å². The zero-order valence-electron chi connectivity index (χ0n) is 8.98. The zero-order chi connectivity index (χ0) is 12.7.